The Bertz CT molecular complexity index is 1890. The van der Waals surface area contributed by atoms with Gasteiger partial charge >= 0.3 is 115 Å². The number of carboxylic acid groups (broad SMARTS) is 2. The summed E-state index contributed by atoms with van der Waals surface area (Å²) in [5.74, 6) is -2.10. The number of hydrogen-bond acceptors (Lipinski definition) is 8. The van der Waals surface area contributed by atoms with Crippen molar-refractivity contribution in [3.63, 3.8) is 0 Å². The van der Waals surface area contributed by atoms with Crippen molar-refractivity contribution in [1.82, 2.24) is 0 Å². The quantitative estimate of drug-likeness (QED) is 0.223. The fraction of sp³-hybridized carbons (Fsp3) is 0.609. The van der Waals surface area contributed by atoms with Crippen LogP contribution in [0, 0.1) is 56.7 Å². The summed E-state index contributed by atoms with van der Waals surface area (Å²) in [6, 6.07) is 12.2. The number of rotatable bonds is 8. The monoisotopic (exact) mass is 814 g/mol. The van der Waals surface area contributed by atoms with Gasteiger partial charge in [-0.25, -0.2) is 9.59 Å². The molecule has 5 aliphatic carbocycles. The minimum Gasteiger partial charge on any atom is -0.545 e. The summed E-state index contributed by atoms with van der Waals surface area (Å²) in [7, 11) is 0. The van der Waals surface area contributed by atoms with Gasteiger partial charge in [0.1, 0.15) is 6.10 Å². The summed E-state index contributed by atoms with van der Waals surface area (Å²) in [4.78, 5) is 50.5. The normalized spacial score (nSPS) is 36.4. The predicted octanol–water partition coefficient (Wildman–Crippen LogP) is 1.46. The molecule has 0 saturated heterocycles. The fourth-order valence-electron chi connectivity index (χ4n) is 13.9. The molecule has 0 N–H and O–H groups in total. The van der Waals surface area contributed by atoms with Gasteiger partial charge in [-0.1, -0.05) is 83.2 Å². The molecule has 0 bridgehead atoms. The first-order chi connectivity index (χ1) is 25.4. The third kappa shape index (κ3) is 7.42. The second-order valence-electron chi connectivity index (χ2n) is 19.0. The van der Waals surface area contributed by atoms with Gasteiger partial charge in [-0.2, -0.15) is 0 Å². The van der Waals surface area contributed by atoms with Crippen LogP contribution in [-0.2, 0) is 9.47 Å². The Morgan fingerprint density at radius 3 is 1.82 bits per heavy atom. The van der Waals surface area contributed by atoms with Crippen LogP contribution in [0.25, 0.3) is 0 Å². The first kappa shape index (κ1) is 46.4. The molecule has 2 aromatic rings. The van der Waals surface area contributed by atoms with Crippen molar-refractivity contribution in [1.29, 1.82) is 0 Å². The second kappa shape index (κ2) is 17.0. The van der Waals surface area contributed by atoms with E-state index in [-0.39, 0.29) is 165 Å². The Balaban J connectivity index is 0.00000300. The van der Waals surface area contributed by atoms with E-state index in [1.165, 1.54) is 29.8 Å². The summed E-state index contributed by atoms with van der Waals surface area (Å²) in [6.45, 7) is 19.0. The van der Waals surface area contributed by atoms with E-state index in [0.717, 1.165) is 64.2 Å². The number of allylic oxidation sites excluding steroid dienone is 1. The standard InChI is InChI=1S/C46H58O8.2K/c1-27(2)28-18-23-46(26-53-40(51)31-14-10-8-12-29(31)38(47)48)25-24-44(6)33(37(28)46)16-17-35-43(5)21-20-36(42(3,4)34(43)19-22-45(35,44)7)54-41(52)32-15-11-9-13-30(32)39(49)50;;/h8-15,28,33-37H,1,16-26H2,2-7H3,(H,47,48)(H,49,50);;/q;2*+1/p-2/t28?,33?,34?,35?,36?,37?,43?,44-,45-,46?;;/m1../s1. The Morgan fingerprint density at radius 2 is 1.25 bits per heavy atom. The first-order valence-electron chi connectivity index (χ1n) is 20.1. The average molecular weight is 815 g/mol. The zero-order valence-corrected chi connectivity index (χ0v) is 41.1. The molecule has 290 valence electrons. The Kier molecular flexibility index (Phi) is 14.1. The van der Waals surface area contributed by atoms with E-state index >= 15 is 0 Å². The number of fused-ring (bicyclic) bond motifs is 7. The number of esters is 2. The van der Waals surface area contributed by atoms with Crippen LogP contribution in [0.15, 0.2) is 60.7 Å². The Hall–Kier alpha value is -0.667. The summed E-state index contributed by atoms with van der Waals surface area (Å²) < 4.78 is 12.3. The van der Waals surface area contributed by atoms with Gasteiger partial charge in [0.25, 0.3) is 0 Å². The molecule has 0 radical (unpaired) electrons. The number of hydrogen-bond donors (Lipinski definition) is 0. The minimum absolute atomic E-state index is 0. The molecule has 0 amide bonds. The van der Waals surface area contributed by atoms with Crippen LogP contribution in [0.5, 0.6) is 0 Å². The molecule has 8 unspecified atom stereocenters. The maximum atomic E-state index is 13.5. The van der Waals surface area contributed by atoms with Crippen LogP contribution < -0.4 is 113 Å². The van der Waals surface area contributed by atoms with Crippen molar-refractivity contribution in [3.8, 4) is 0 Å². The van der Waals surface area contributed by atoms with E-state index in [0.29, 0.717) is 29.6 Å². The van der Waals surface area contributed by atoms with E-state index in [4.69, 9.17) is 9.47 Å². The van der Waals surface area contributed by atoms with Crippen LogP contribution in [-0.4, -0.2) is 36.6 Å². The Labute approximate surface area is 417 Å². The van der Waals surface area contributed by atoms with Gasteiger partial charge in [-0.15, -0.1) is 0 Å². The minimum atomic E-state index is -1.39. The maximum absolute atomic E-state index is 13.5. The third-order valence-corrected chi connectivity index (χ3v) is 16.7. The Morgan fingerprint density at radius 1 is 0.679 bits per heavy atom. The van der Waals surface area contributed by atoms with E-state index in [1.54, 1.807) is 24.3 Å². The van der Waals surface area contributed by atoms with E-state index in [1.807, 2.05) is 0 Å². The number of ether oxygens (including phenoxy) is 2. The number of carboxylic acids is 2. The molecule has 10 heteroatoms. The van der Waals surface area contributed by atoms with Gasteiger partial charge in [0.05, 0.1) is 29.7 Å². The van der Waals surface area contributed by atoms with Crippen LogP contribution in [0.4, 0.5) is 0 Å². The summed E-state index contributed by atoms with van der Waals surface area (Å²) >= 11 is 0. The van der Waals surface area contributed by atoms with Crippen molar-refractivity contribution < 1.29 is 142 Å². The molecular formula is C46H56K2O8. The molecule has 2 aromatic carbocycles. The zero-order valence-electron chi connectivity index (χ0n) is 34.8. The molecular weight excluding hydrogens is 759 g/mol. The molecule has 0 heterocycles. The summed E-state index contributed by atoms with van der Waals surface area (Å²) in [5.41, 5.74) is 0.644. The molecule has 0 spiro atoms. The molecule has 0 aromatic heterocycles. The van der Waals surface area contributed by atoms with E-state index < -0.39 is 23.9 Å². The molecule has 10 atom stereocenters. The van der Waals surface area contributed by atoms with Gasteiger partial charge < -0.3 is 29.3 Å². The SMILES string of the molecule is C=C(C)C1CCC2(COC(=O)c3ccccc3C(=O)[O-])CC[C@]3(C)C(CCC4C5(C)CCC(OC(=O)c6ccccc6C(=O)[O-])C(C)(C)C5CC[C@]43C)C12.[K+].[K+]. The van der Waals surface area contributed by atoms with Crippen LogP contribution in [0.2, 0.25) is 0 Å². The smallest absolute Gasteiger partial charge is 0.545 e. The van der Waals surface area contributed by atoms with Crippen molar-refractivity contribution in [3.05, 3.63) is 82.9 Å². The summed E-state index contributed by atoms with van der Waals surface area (Å²) in [5, 5.41) is 23.6. The van der Waals surface area contributed by atoms with Gasteiger partial charge in [-0.3, -0.25) is 0 Å². The molecule has 8 nitrogen and oxygen atoms in total. The largest absolute Gasteiger partial charge is 1.00 e. The van der Waals surface area contributed by atoms with Crippen LogP contribution >= 0.6 is 0 Å². The van der Waals surface area contributed by atoms with Gasteiger partial charge in [-0.05, 0) is 129 Å². The molecule has 7 rings (SSSR count). The zero-order chi connectivity index (χ0) is 39.0. The third-order valence-electron chi connectivity index (χ3n) is 16.7. The van der Waals surface area contributed by atoms with Crippen molar-refractivity contribution in [2.24, 2.45) is 56.7 Å². The van der Waals surface area contributed by atoms with Crippen molar-refractivity contribution >= 4 is 23.9 Å². The van der Waals surface area contributed by atoms with Crippen molar-refractivity contribution in [2.75, 3.05) is 6.61 Å². The maximum Gasteiger partial charge on any atom is 1.00 e. The molecule has 5 fully saturated rings. The van der Waals surface area contributed by atoms with Gasteiger partial charge in [0, 0.05) is 22.0 Å². The number of aromatic carboxylic acids is 2. The van der Waals surface area contributed by atoms with E-state index in [2.05, 4.69) is 48.1 Å². The van der Waals surface area contributed by atoms with Gasteiger partial charge in [0.15, 0.2) is 0 Å². The average Bonchev–Trinajstić information content (AvgIpc) is 3.52. The van der Waals surface area contributed by atoms with Gasteiger partial charge in [0.2, 0.25) is 0 Å². The summed E-state index contributed by atoms with van der Waals surface area (Å²) in [6.07, 6.45) is 9.60. The first-order valence-corrected chi connectivity index (χ1v) is 20.1. The number of benzene rings is 2. The molecule has 56 heavy (non-hydrogen) atoms. The molecule has 0 aliphatic heterocycles. The topological polar surface area (TPSA) is 133 Å². The number of carbonyl (C=O) groups is 4. The second-order valence-corrected chi connectivity index (χ2v) is 19.0. The fourth-order valence-corrected chi connectivity index (χ4v) is 13.9. The molecule has 5 aliphatic rings. The van der Waals surface area contributed by atoms with Crippen LogP contribution in [0.3, 0.4) is 0 Å². The number of carbonyl (C=O) groups excluding carboxylic acids is 4. The van der Waals surface area contributed by atoms with Crippen molar-refractivity contribution in [2.45, 2.75) is 112 Å². The molecule has 5 saturated carbocycles. The predicted molar refractivity (Wildman–Crippen MR) is 200 cm³/mol. The van der Waals surface area contributed by atoms with E-state index in [9.17, 15) is 29.4 Å². The van der Waals surface area contributed by atoms with Crippen LogP contribution in [0.1, 0.15) is 147 Å².